The second kappa shape index (κ2) is 8.70. The van der Waals surface area contributed by atoms with Crippen molar-refractivity contribution < 1.29 is 13.2 Å². The maximum Gasteiger partial charge on any atom is 0.216 e. The highest BCUT2D eigenvalue weighted by molar-refractivity contribution is 7.88. The van der Waals surface area contributed by atoms with Gasteiger partial charge in [0.05, 0.1) is 11.3 Å². The summed E-state index contributed by atoms with van der Waals surface area (Å²) in [5.74, 6) is 0.427. The van der Waals surface area contributed by atoms with Crippen molar-refractivity contribution in [3.8, 4) is 11.9 Å². The third-order valence-corrected chi connectivity index (χ3v) is 6.10. The van der Waals surface area contributed by atoms with Crippen LogP contribution in [0.3, 0.4) is 0 Å². The highest BCUT2D eigenvalue weighted by Gasteiger charge is 2.26. The van der Waals surface area contributed by atoms with Gasteiger partial charge in [-0.3, -0.25) is 0 Å². The first-order chi connectivity index (χ1) is 12.9. The molecule has 0 aliphatic heterocycles. The molecule has 1 aromatic carbocycles. The Hall–Kier alpha value is -2.14. The van der Waals surface area contributed by atoms with Crippen LogP contribution in [0.2, 0.25) is 5.02 Å². The van der Waals surface area contributed by atoms with E-state index >= 15 is 0 Å². The van der Waals surface area contributed by atoms with Crippen LogP contribution in [0.1, 0.15) is 36.8 Å². The molecule has 6 nitrogen and oxygen atoms in total. The Kier molecular flexibility index (Phi) is 6.32. The molecule has 0 unspecified atom stereocenters. The van der Waals surface area contributed by atoms with E-state index in [2.05, 4.69) is 9.71 Å². The number of sulfonamides is 1. The van der Waals surface area contributed by atoms with E-state index in [0.29, 0.717) is 34.9 Å². The van der Waals surface area contributed by atoms with Gasteiger partial charge in [0.2, 0.25) is 15.9 Å². The van der Waals surface area contributed by atoms with Gasteiger partial charge in [-0.15, -0.1) is 0 Å². The molecule has 8 heteroatoms. The van der Waals surface area contributed by atoms with Gasteiger partial charge >= 0.3 is 0 Å². The molecule has 0 amide bonds. The first-order valence-corrected chi connectivity index (χ1v) is 10.7. The van der Waals surface area contributed by atoms with E-state index in [1.165, 1.54) is 6.20 Å². The van der Waals surface area contributed by atoms with Crippen LogP contribution >= 0.6 is 11.6 Å². The number of nitrogens with zero attached hydrogens (tertiary/aromatic N) is 2. The van der Waals surface area contributed by atoms with Crippen LogP contribution < -0.4 is 9.46 Å². The lowest BCUT2D eigenvalue weighted by Crippen LogP contribution is -2.40. The zero-order valence-corrected chi connectivity index (χ0v) is 16.2. The molecule has 27 heavy (non-hydrogen) atoms. The average Bonchev–Trinajstić information content (AvgIpc) is 2.65. The van der Waals surface area contributed by atoms with Gasteiger partial charge in [-0.1, -0.05) is 23.7 Å². The topological polar surface area (TPSA) is 92.1 Å². The first kappa shape index (κ1) is 19.6. The van der Waals surface area contributed by atoms with Crippen LogP contribution in [0.15, 0.2) is 42.6 Å². The van der Waals surface area contributed by atoms with Crippen molar-refractivity contribution >= 4 is 21.6 Å². The summed E-state index contributed by atoms with van der Waals surface area (Å²) in [6, 6.07) is 12.1. The molecule has 1 heterocycles. The lowest BCUT2D eigenvalue weighted by Gasteiger charge is -2.29. The SMILES string of the molecule is N#Cc1ccc(OC2CCC(NS(=O)(=O)Cc3ccc(Cl)cc3)CC2)nc1. The standard InChI is InChI=1S/C19H20ClN3O3S/c20-16-4-1-14(2-5-16)13-27(24,25)23-17-6-8-18(9-7-17)26-19-10-3-15(11-21)12-22-19/h1-5,10,12,17-18,23H,6-9,13H2. The van der Waals surface area contributed by atoms with Gasteiger partial charge in [-0.2, -0.15) is 5.26 Å². The Labute approximate surface area is 164 Å². The smallest absolute Gasteiger partial charge is 0.216 e. The monoisotopic (exact) mass is 405 g/mol. The number of benzene rings is 1. The van der Waals surface area contributed by atoms with Crippen molar-refractivity contribution in [1.29, 1.82) is 5.26 Å². The van der Waals surface area contributed by atoms with E-state index in [0.717, 1.165) is 12.8 Å². The van der Waals surface area contributed by atoms with E-state index in [1.54, 1.807) is 36.4 Å². The minimum atomic E-state index is -3.41. The second-order valence-corrected chi connectivity index (χ2v) is 8.78. The molecule has 0 radical (unpaired) electrons. The molecule has 0 saturated heterocycles. The summed E-state index contributed by atoms with van der Waals surface area (Å²) >= 11 is 5.83. The van der Waals surface area contributed by atoms with E-state index in [9.17, 15) is 8.42 Å². The van der Waals surface area contributed by atoms with Gasteiger partial charge in [0.25, 0.3) is 0 Å². The molecule has 2 aromatic rings. The second-order valence-electron chi connectivity index (χ2n) is 6.59. The molecule has 0 bridgehead atoms. The lowest BCUT2D eigenvalue weighted by atomic mass is 9.94. The van der Waals surface area contributed by atoms with Gasteiger partial charge in [0.15, 0.2) is 0 Å². The third-order valence-electron chi connectivity index (χ3n) is 4.44. The fourth-order valence-corrected chi connectivity index (χ4v) is 4.67. The van der Waals surface area contributed by atoms with E-state index < -0.39 is 10.0 Å². The van der Waals surface area contributed by atoms with Crippen LogP contribution in [-0.4, -0.2) is 25.5 Å². The summed E-state index contributed by atoms with van der Waals surface area (Å²) in [4.78, 5) is 4.11. The Morgan fingerprint density at radius 2 is 1.85 bits per heavy atom. The van der Waals surface area contributed by atoms with Crippen molar-refractivity contribution in [2.24, 2.45) is 0 Å². The summed E-state index contributed by atoms with van der Waals surface area (Å²) in [7, 11) is -3.41. The lowest BCUT2D eigenvalue weighted by molar-refractivity contribution is 0.138. The van der Waals surface area contributed by atoms with Crippen LogP contribution in [0.4, 0.5) is 0 Å². The number of hydrogen-bond acceptors (Lipinski definition) is 5. The summed E-state index contributed by atoms with van der Waals surface area (Å²) in [5.41, 5.74) is 1.19. The minimum absolute atomic E-state index is 0.00227. The quantitative estimate of drug-likeness (QED) is 0.794. The maximum absolute atomic E-state index is 12.4. The number of hydrogen-bond donors (Lipinski definition) is 1. The Morgan fingerprint density at radius 3 is 2.44 bits per heavy atom. The van der Waals surface area contributed by atoms with E-state index in [4.69, 9.17) is 21.6 Å². The Bertz CT molecular complexity index is 901. The number of rotatable bonds is 6. The predicted molar refractivity (Wildman–Crippen MR) is 103 cm³/mol. The maximum atomic E-state index is 12.4. The summed E-state index contributed by atoms with van der Waals surface area (Å²) < 4.78 is 33.4. The number of nitriles is 1. The van der Waals surface area contributed by atoms with E-state index in [-0.39, 0.29) is 17.9 Å². The number of pyridine rings is 1. The largest absolute Gasteiger partial charge is 0.474 e. The molecule has 1 aromatic heterocycles. The summed E-state index contributed by atoms with van der Waals surface area (Å²) in [5, 5.41) is 9.37. The van der Waals surface area contributed by atoms with Gasteiger partial charge in [-0.25, -0.2) is 18.1 Å². The fourth-order valence-electron chi connectivity index (χ4n) is 3.08. The van der Waals surface area contributed by atoms with Crippen molar-refractivity contribution in [3.63, 3.8) is 0 Å². The number of ether oxygens (including phenoxy) is 1. The summed E-state index contributed by atoms with van der Waals surface area (Å²) in [6.45, 7) is 0. The van der Waals surface area contributed by atoms with Crippen LogP contribution in [0, 0.1) is 11.3 Å². The number of halogens is 1. The van der Waals surface area contributed by atoms with Crippen molar-refractivity contribution in [2.75, 3.05) is 0 Å². The van der Waals surface area contributed by atoms with Gasteiger partial charge in [-0.05, 0) is 49.4 Å². The van der Waals surface area contributed by atoms with Crippen molar-refractivity contribution in [2.45, 2.75) is 43.6 Å². The molecule has 1 saturated carbocycles. The molecule has 0 spiro atoms. The Morgan fingerprint density at radius 1 is 1.15 bits per heavy atom. The molecule has 142 valence electrons. The molecule has 0 atom stereocenters. The minimum Gasteiger partial charge on any atom is -0.474 e. The Balaban J connectivity index is 1.48. The summed E-state index contributed by atoms with van der Waals surface area (Å²) in [6.07, 6.45) is 4.39. The molecule has 1 aliphatic carbocycles. The van der Waals surface area contributed by atoms with Crippen molar-refractivity contribution in [3.05, 3.63) is 58.7 Å². The fraction of sp³-hybridized carbons (Fsp3) is 0.368. The molecule has 3 rings (SSSR count). The zero-order chi connectivity index (χ0) is 19.3. The molecule has 1 N–H and O–H groups in total. The van der Waals surface area contributed by atoms with Gasteiger partial charge in [0, 0.05) is 23.3 Å². The highest BCUT2D eigenvalue weighted by atomic mass is 35.5. The van der Waals surface area contributed by atoms with Crippen molar-refractivity contribution in [1.82, 2.24) is 9.71 Å². The highest BCUT2D eigenvalue weighted by Crippen LogP contribution is 2.24. The first-order valence-electron chi connectivity index (χ1n) is 8.71. The van der Waals surface area contributed by atoms with Crippen LogP contribution in [0.25, 0.3) is 0 Å². The van der Waals surface area contributed by atoms with Gasteiger partial charge < -0.3 is 4.74 Å². The number of nitrogens with one attached hydrogen (secondary N) is 1. The normalized spacial score (nSPS) is 20.0. The van der Waals surface area contributed by atoms with Gasteiger partial charge in [0.1, 0.15) is 12.2 Å². The van der Waals surface area contributed by atoms with E-state index in [1.807, 2.05) is 6.07 Å². The predicted octanol–water partition coefficient (Wildman–Crippen LogP) is 3.42. The molecular formula is C19H20ClN3O3S. The van der Waals surface area contributed by atoms with Crippen LogP contribution in [-0.2, 0) is 15.8 Å². The zero-order valence-electron chi connectivity index (χ0n) is 14.6. The van der Waals surface area contributed by atoms with Crippen LogP contribution in [0.5, 0.6) is 5.88 Å². The third kappa shape index (κ3) is 5.93. The molecule has 1 aliphatic rings. The molecule has 1 fully saturated rings. The average molecular weight is 406 g/mol. The number of aromatic nitrogens is 1. The molecular weight excluding hydrogens is 386 g/mol.